The van der Waals surface area contributed by atoms with Crippen molar-refractivity contribution in [2.75, 3.05) is 5.32 Å². The molecular formula is C19H21N3O4. The summed E-state index contributed by atoms with van der Waals surface area (Å²) >= 11 is 0. The van der Waals surface area contributed by atoms with E-state index in [1.165, 1.54) is 6.92 Å². The van der Waals surface area contributed by atoms with Gasteiger partial charge in [-0.05, 0) is 49.7 Å². The zero-order chi connectivity index (χ0) is 19.1. The van der Waals surface area contributed by atoms with Crippen molar-refractivity contribution >= 4 is 23.4 Å². The highest BCUT2D eigenvalue weighted by Gasteiger charge is 2.16. The summed E-state index contributed by atoms with van der Waals surface area (Å²) in [6.45, 7) is 4.87. The van der Waals surface area contributed by atoms with E-state index in [0.717, 1.165) is 5.56 Å². The minimum absolute atomic E-state index is 0.197. The Balaban J connectivity index is 1.87. The van der Waals surface area contributed by atoms with Crippen molar-refractivity contribution in [1.82, 2.24) is 10.9 Å². The number of ether oxygens (including phenoxy) is 1. The largest absolute Gasteiger partial charge is 0.481 e. The van der Waals surface area contributed by atoms with E-state index in [9.17, 15) is 14.4 Å². The fourth-order valence-electron chi connectivity index (χ4n) is 2.13. The lowest BCUT2D eigenvalue weighted by atomic mass is 10.2. The Hall–Kier alpha value is -3.35. The molecule has 1 unspecified atom stereocenters. The molecule has 7 heteroatoms. The molecule has 2 aromatic carbocycles. The van der Waals surface area contributed by atoms with Crippen molar-refractivity contribution in [3.63, 3.8) is 0 Å². The molecule has 26 heavy (non-hydrogen) atoms. The molecule has 2 rings (SSSR count). The molecule has 0 saturated heterocycles. The van der Waals surface area contributed by atoms with Gasteiger partial charge in [-0.2, -0.15) is 0 Å². The first-order chi connectivity index (χ1) is 12.4. The third-order valence-electron chi connectivity index (χ3n) is 3.53. The summed E-state index contributed by atoms with van der Waals surface area (Å²) in [5, 5.41) is 2.61. The van der Waals surface area contributed by atoms with Gasteiger partial charge in [0.2, 0.25) is 5.91 Å². The molecule has 0 spiro atoms. The minimum Gasteiger partial charge on any atom is -0.481 e. The van der Waals surface area contributed by atoms with E-state index in [-0.39, 0.29) is 5.91 Å². The van der Waals surface area contributed by atoms with E-state index < -0.39 is 17.9 Å². The summed E-state index contributed by atoms with van der Waals surface area (Å²) in [5.41, 5.74) is 6.50. The van der Waals surface area contributed by atoms with Gasteiger partial charge in [-0.15, -0.1) is 0 Å². The van der Waals surface area contributed by atoms with Gasteiger partial charge in [0.15, 0.2) is 6.10 Å². The van der Waals surface area contributed by atoms with Gasteiger partial charge in [-0.25, -0.2) is 0 Å². The third kappa shape index (κ3) is 5.34. The van der Waals surface area contributed by atoms with Gasteiger partial charge in [0.25, 0.3) is 11.8 Å². The molecule has 0 fully saturated rings. The van der Waals surface area contributed by atoms with Crippen molar-refractivity contribution < 1.29 is 19.1 Å². The molecule has 0 heterocycles. The van der Waals surface area contributed by atoms with Crippen LogP contribution in [0.5, 0.6) is 5.75 Å². The van der Waals surface area contributed by atoms with Gasteiger partial charge < -0.3 is 10.1 Å². The number of anilines is 1. The second kappa shape index (κ2) is 8.66. The van der Waals surface area contributed by atoms with E-state index in [1.54, 1.807) is 37.3 Å². The Bertz CT molecular complexity index is 803. The number of carbonyl (C=O) groups excluding carboxylic acids is 3. The number of hydrazine groups is 1. The quantitative estimate of drug-likeness (QED) is 0.716. The lowest BCUT2D eigenvalue weighted by Gasteiger charge is -2.16. The van der Waals surface area contributed by atoms with Crippen LogP contribution < -0.4 is 20.9 Å². The first-order valence-electron chi connectivity index (χ1n) is 8.07. The Morgan fingerprint density at radius 3 is 2.23 bits per heavy atom. The molecule has 0 aliphatic heterocycles. The van der Waals surface area contributed by atoms with Crippen molar-refractivity contribution in [2.24, 2.45) is 0 Å². The monoisotopic (exact) mass is 355 g/mol. The summed E-state index contributed by atoms with van der Waals surface area (Å²) in [6.07, 6.45) is -0.779. The number of amides is 3. The van der Waals surface area contributed by atoms with Crippen LogP contribution in [0, 0.1) is 6.92 Å². The first kappa shape index (κ1) is 19.0. The van der Waals surface area contributed by atoms with Crippen molar-refractivity contribution in [3.8, 4) is 5.75 Å². The first-order valence-corrected chi connectivity index (χ1v) is 8.07. The van der Waals surface area contributed by atoms with Crippen LogP contribution >= 0.6 is 0 Å². The number of para-hydroxylation sites is 1. The van der Waals surface area contributed by atoms with Gasteiger partial charge in [-0.1, -0.05) is 18.2 Å². The summed E-state index contributed by atoms with van der Waals surface area (Å²) < 4.78 is 5.59. The Morgan fingerprint density at radius 1 is 0.962 bits per heavy atom. The maximum absolute atomic E-state index is 12.1. The van der Waals surface area contributed by atoms with Crippen molar-refractivity contribution in [3.05, 3.63) is 59.7 Å². The zero-order valence-corrected chi connectivity index (χ0v) is 14.8. The molecule has 1 atom stereocenters. The van der Waals surface area contributed by atoms with Gasteiger partial charge in [0.05, 0.1) is 0 Å². The maximum Gasteiger partial charge on any atom is 0.279 e. The number of nitrogens with one attached hydrogen (secondary N) is 3. The summed E-state index contributed by atoms with van der Waals surface area (Å²) in [4.78, 5) is 35.1. The predicted molar refractivity (Wildman–Crippen MR) is 97.6 cm³/mol. The van der Waals surface area contributed by atoms with Crippen LogP contribution in [0.2, 0.25) is 0 Å². The predicted octanol–water partition coefficient (Wildman–Crippen LogP) is 2.18. The highest BCUT2D eigenvalue weighted by atomic mass is 16.5. The molecule has 2 aromatic rings. The zero-order valence-electron chi connectivity index (χ0n) is 14.8. The van der Waals surface area contributed by atoms with Gasteiger partial charge in [0.1, 0.15) is 5.75 Å². The molecular weight excluding hydrogens is 334 g/mol. The highest BCUT2D eigenvalue weighted by Crippen LogP contribution is 2.17. The molecule has 0 radical (unpaired) electrons. The van der Waals surface area contributed by atoms with Crippen LogP contribution in [0.1, 0.15) is 29.8 Å². The second-order valence-electron chi connectivity index (χ2n) is 5.73. The molecule has 0 aliphatic rings. The smallest absolute Gasteiger partial charge is 0.279 e. The summed E-state index contributed by atoms with van der Waals surface area (Å²) in [6, 6.07) is 13.6. The van der Waals surface area contributed by atoms with Crippen LogP contribution in [-0.2, 0) is 9.59 Å². The fraction of sp³-hybridized carbons (Fsp3) is 0.211. The minimum atomic E-state index is -0.779. The van der Waals surface area contributed by atoms with E-state index >= 15 is 0 Å². The van der Waals surface area contributed by atoms with Crippen LogP contribution in [0.4, 0.5) is 5.69 Å². The normalized spacial score (nSPS) is 11.2. The fourth-order valence-corrected chi connectivity index (χ4v) is 2.13. The number of benzene rings is 2. The molecule has 7 nitrogen and oxygen atoms in total. The number of rotatable bonds is 5. The van der Waals surface area contributed by atoms with Crippen LogP contribution in [0.15, 0.2) is 48.5 Å². The number of hydrogen-bond donors (Lipinski definition) is 3. The van der Waals surface area contributed by atoms with Gasteiger partial charge in [0, 0.05) is 18.2 Å². The van der Waals surface area contributed by atoms with Crippen LogP contribution in [-0.4, -0.2) is 23.8 Å². The van der Waals surface area contributed by atoms with Crippen LogP contribution in [0.25, 0.3) is 0 Å². The van der Waals surface area contributed by atoms with Crippen LogP contribution in [0.3, 0.4) is 0 Å². The van der Waals surface area contributed by atoms with Crippen molar-refractivity contribution in [2.45, 2.75) is 26.9 Å². The van der Waals surface area contributed by atoms with Gasteiger partial charge in [-0.3, -0.25) is 25.2 Å². The molecule has 136 valence electrons. The number of aryl methyl sites for hydroxylation is 1. The molecule has 3 amide bonds. The molecule has 0 saturated carbocycles. The molecule has 0 bridgehead atoms. The lowest BCUT2D eigenvalue weighted by Crippen LogP contribution is -2.47. The Kier molecular flexibility index (Phi) is 6.32. The highest BCUT2D eigenvalue weighted by molar-refractivity contribution is 5.96. The number of hydrogen-bond acceptors (Lipinski definition) is 4. The average Bonchev–Trinajstić information content (AvgIpc) is 2.61. The topological polar surface area (TPSA) is 96.5 Å². The summed E-state index contributed by atoms with van der Waals surface area (Å²) in [7, 11) is 0. The van der Waals surface area contributed by atoms with E-state index in [0.29, 0.717) is 17.0 Å². The van der Waals surface area contributed by atoms with E-state index in [4.69, 9.17) is 4.74 Å². The molecule has 0 aliphatic carbocycles. The Labute approximate surface area is 151 Å². The SMILES string of the molecule is CC(=O)Nc1ccc(C(=O)NNC(=O)C(C)Oc2ccccc2C)cc1. The maximum atomic E-state index is 12.1. The van der Waals surface area contributed by atoms with E-state index in [2.05, 4.69) is 16.2 Å². The summed E-state index contributed by atoms with van der Waals surface area (Å²) in [5.74, 6) is -0.542. The van der Waals surface area contributed by atoms with Crippen molar-refractivity contribution in [1.29, 1.82) is 0 Å². The molecule has 3 N–H and O–H groups in total. The lowest BCUT2D eigenvalue weighted by molar-refractivity contribution is -0.128. The second-order valence-corrected chi connectivity index (χ2v) is 5.73. The Morgan fingerprint density at radius 2 is 1.62 bits per heavy atom. The molecule has 0 aromatic heterocycles. The van der Waals surface area contributed by atoms with Gasteiger partial charge >= 0.3 is 0 Å². The number of carbonyl (C=O) groups is 3. The standard InChI is InChI=1S/C19H21N3O4/c1-12-6-4-5-7-17(12)26-13(2)18(24)21-22-19(25)15-8-10-16(11-9-15)20-14(3)23/h4-11,13H,1-3H3,(H,20,23)(H,21,24)(H,22,25). The average molecular weight is 355 g/mol. The third-order valence-corrected chi connectivity index (χ3v) is 3.53. The van der Waals surface area contributed by atoms with E-state index in [1.807, 2.05) is 25.1 Å².